The van der Waals surface area contributed by atoms with Gasteiger partial charge in [0.15, 0.2) is 0 Å². The van der Waals surface area contributed by atoms with Crippen molar-refractivity contribution in [3.8, 4) is 12.5 Å². The van der Waals surface area contributed by atoms with E-state index in [9.17, 15) is 0 Å². The predicted molar refractivity (Wildman–Crippen MR) is 51.7 cm³/mol. The Labute approximate surface area is 133 Å². The van der Waals surface area contributed by atoms with Crippen LogP contribution in [-0.2, 0) is 19.0 Å². The summed E-state index contributed by atoms with van der Waals surface area (Å²) < 4.78 is 8.35. The summed E-state index contributed by atoms with van der Waals surface area (Å²) in [6.45, 7) is 1.71. The van der Waals surface area contributed by atoms with Crippen molar-refractivity contribution in [1.29, 1.82) is 10.5 Å². The van der Waals surface area contributed by atoms with Gasteiger partial charge in [0.1, 0.15) is 0 Å². The standard InChI is InChI=1S/C5H6BBrN2O4.K.H/c1-5(2-7)12-13-6(10-3-8)11-4-9;;/h5H,2H2,1H3;;. The zero-order valence-electron chi connectivity index (χ0n) is 6.77. The van der Waals surface area contributed by atoms with Gasteiger partial charge in [-0.2, -0.15) is 10.5 Å². The monoisotopic (exact) mass is 288 g/mol. The van der Waals surface area contributed by atoms with E-state index in [0.717, 1.165) is 0 Å². The summed E-state index contributed by atoms with van der Waals surface area (Å²) in [5.74, 6) is 0. The third kappa shape index (κ3) is 9.24. The van der Waals surface area contributed by atoms with Crippen LogP contribution in [0.5, 0.6) is 0 Å². The molecular formula is C5H7BBrKN2O4. The normalized spacial score (nSPS) is 10.0. The van der Waals surface area contributed by atoms with Crippen LogP contribution in [0.15, 0.2) is 0 Å². The number of nitrogens with zero attached hydrogens (tertiary/aromatic N) is 2. The summed E-state index contributed by atoms with van der Waals surface area (Å²) in [6.07, 6.45) is 2.36. The van der Waals surface area contributed by atoms with Crippen molar-refractivity contribution in [2.75, 3.05) is 5.33 Å². The van der Waals surface area contributed by atoms with Crippen molar-refractivity contribution in [2.24, 2.45) is 0 Å². The Morgan fingerprint density at radius 3 is 2.21 bits per heavy atom. The van der Waals surface area contributed by atoms with Gasteiger partial charge >= 0.3 is 58.7 Å². The quantitative estimate of drug-likeness (QED) is 0.226. The Bertz CT molecular complexity index is 205. The van der Waals surface area contributed by atoms with Crippen molar-refractivity contribution in [3.05, 3.63) is 0 Å². The molecule has 14 heavy (non-hydrogen) atoms. The zero-order chi connectivity index (χ0) is 10.1. The Balaban J connectivity index is 0. The molecular weight excluding hydrogens is 282 g/mol. The molecule has 0 aliphatic rings. The summed E-state index contributed by atoms with van der Waals surface area (Å²) in [4.78, 5) is 9.12. The number of hydrogen-bond acceptors (Lipinski definition) is 6. The van der Waals surface area contributed by atoms with Gasteiger partial charge in [-0.15, -0.1) is 0 Å². The number of halogens is 1. The number of nitriles is 2. The molecule has 1 atom stereocenters. The van der Waals surface area contributed by atoms with Gasteiger partial charge in [-0.3, -0.25) is 0 Å². The predicted octanol–water partition coefficient (Wildman–Crippen LogP) is 0.0498. The number of hydrogen-bond donors (Lipinski definition) is 0. The van der Waals surface area contributed by atoms with Gasteiger partial charge in [-0.25, -0.2) is 9.69 Å². The molecule has 0 heterocycles. The molecule has 0 aromatic carbocycles. The summed E-state index contributed by atoms with van der Waals surface area (Å²) in [5, 5.41) is 16.7. The molecule has 0 saturated carbocycles. The average molecular weight is 289 g/mol. The third-order valence-electron chi connectivity index (χ3n) is 0.814. The second kappa shape index (κ2) is 11.8. The van der Waals surface area contributed by atoms with Crippen LogP contribution in [0.2, 0.25) is 0 Å². The fraction of sp³-hybridized carbons (Fsp3) is 0.600. The molecule has 0 rings (SSSR count). The van der Waals surface area contributed by atoms with Crippen LogP contribution in [-0.4, -0.2) is 70.1 Å². The van der Waals surface area contributed by atoms with Crippen molar-refractivity contribution >= 4 is 74.6 Å². The Kier molecular flexibility index (Phi) is 14.3. The van der Waals surface area contributed by atoms with E-state index in [4.69, 9.17) is 10.5 Å². The molecule has 9 heteroatoms. The first-order valence-electron chi connectivity index (χ1n) is 3.22. The van der Waals surface area contributed by atoms with Crippen molar-refractivity contribution < 1.29 is 19.0 Å². The first kappa shape index (κ1) is 17.1. The molecule has 6 nitrogen and oxygen atoms in total. The van der Waals surface area contributed by atoms with Gasteiger partial charge in [-0.1, -0.05) is 15.9 Å². The minimum atomic E-state index is -1.45. The van der Waals surface area contributed by atoms with E-state index in [-0.39, 0.29) is 57.5 Å². The van der Waals surface area contributed by atoms with Gasteiger partial charge in [0.25, 0.3) is 12.5 Å². The van der Waals surface area contributed by atoms with Gasteiger partial charge in [0.2, 0.25) is 0 Å². The number of alkyl halides is 1. The summed E-state index contributed by atoms with van der Waals surface area (Å²) >= 11 is 3.13. The molecule has 0 aliphatic heterocycles. The summed E-state index contributed by atoms with van der Waals surface area (Å²) in [6, 6.07) is 0. The van der Waals surface area contributed by atoms with E-state index in [1.165, 1.54) is 12.5 Å². The molecule has 0 aliphatic carbocycles. The summed E-state index contributed by atoms with van der Waals surface area (Å²) in [5.41, 5.74) is 0. The first-order valence-corrected chi connectivity index (χ1v) is 4.34. The van der Waals surface area contributed by atoms with Gasteiger partial charge in [0, 0.05) is 5.33 Å². The molecule has 1 unspecified atom stereocenters. The van der Waals surface area contributed by atoms with Gasteiger partial charge in [0.05, 0.1) is 6.10 Å². The molecule has 72 valence electrons. The molecule has 0 amide bonds. The van der Waals surface area contributed by atoms with Crippen LogP contribution in [0.3, 0.4) is 0 Å². The maximum atomic E-state index is 8.08. The molecule has 0 fully saturated rings. The van der Waals surface area contributed by atoms with Crippen LogP contribution >= 0.6 is 15.9 Å². The molecule has 0 aromatic rings. The van der Waals surface area contributed by atoms with E-state index in [1.807, 2.05) is 0 Å². The molecule has 0 N–H and O–H groups in total. The summed E-state index contributed by atoms with van der Waals surface area (Å²) in [7, 11) is -1.45. The molecule has 0 aromatic heterocycles. The van der Waals surface area contributed by atoms with E-state index in [2.05, 4.69) is 34.9 Å². The molecule has 0 bridgehead atoms. The van der Waals surface area contributed by atoms with Crippen molar-refractivity contribution in [1.82, 2.24) is 0 Å². The van der Waals surface area contributed by atoms with Crippen LogP contribution < -0.4 is 0 Å². The number of rotatable bonds is 6. The van der Waals surface area contributed by atoms with E-state index < -0.39 is 7.32 Å². The molecule has 0 saturated heterocycles. The topological polar surface area (TPSA) is 84.5 Å². The Hall–Kier alpha value is 0.681. The minimum absolute atomic E-state index is 0. The van der Waals surface area contributed by atoms with E-state index >= 15 is 0 Å². The first-order chi connectivity index (χ1) is 6.24. The van der Waals surface area contributed by atoms with Gasteiger partial charge in [-0.05, 0) is 6.92 Å². The zero-order valence-corrected chi connectivity index (χ0v) is 8.35. The third-order valence-corrected chi connectivity index (χ3v) is 1.73. The fourth-order valence-corrected chi connectivity index (χ4v) is 0.423. The molecule has 0 radical (unpaired) electrons. The maximum absolute atomic E-state index is 8.08. The van der Waals surface area contributed by atoms with Crippen molar-refractivity contribution in [2.45, 2.75) is 13.0 Å². The molecule has 0 spiro atoms. The van der Waals surface area contributed by atoms with Crippen LogP contribution in [0, 0.1) is 23.0 Å². The van der Waals surface area contributed by atoms with E-state index in [0.29, 0.717) is 5.33 Å². The second-order valence-electron chi connectivity index (χ2n) is 1.86. The van der Waals surface area contributed by atoms with Crippen LogP contribution in [0.25, 0.3) is 0 Å². The Morgan fingerprint density at radius 2 is 1.86 bits per heavy atom. The average Bonchev–Trinajstić information content (AvgIpc) is 2.14. The van der Waals surface area contributed by atoms with Crippen molar-refractivity contribution in [3.63, 3.8) is 0 Å². The van der Waals surface area contributed by atoms with Gasteiger partial charge < -0.3 is 9.31 Å². The second-order valence-corrected chi connectivity index (χ2v) is 2.51. The van der Waals surface area contributed by atoms with Crippen LogP contribution in [0.1, 0.15) is 6.92 Å². The Morgan fingerprint density at radius 1 is 1.36 bits per heavy atom. The fourth-order valence-electron chi connectivity index (χ4n) is 0.315. The SMILES string of the molecule is CC(CBr)OOB(OC#N)OC#N.[KH]. The van der Waals surface area contributed by atoms with Crippen LogP contribution in [0.4, 0.5) is 0 Å². The van der Waals surface area contributed by atoms with E-state index in [1.54, 1.807) is 6.92 Å².